The molecule has 7 nitrogen and oxygen atoms in total. The first-order valence-corrected chi connectivity index (χ1v) is 10.6. The molecule has 32 heavy (non-hydrogen) atoms. The molecule has 1 aliphatic heterocycles. The minimum absolute atomic E-state index is 0.0572. The number of methoxy groups -OCH3 is 1. The molecule has 2 aromatic carbocycles. The van der Waals surface area contributed by atoms with Crippen molar-refractivity contribution in [2.24, 2.45) is 0 Å². The summed E-state index contributed by atoms with van der Waals surface area (Å²) in [6.45, 7) is 5.24. The lowest BCUT2D eigenvalue weighted by atomic mass is 9.94. The molecular formula is C25H30N2O5. The van der Waals surface area contributed by atoms with Gasteiger partial charge in [-0.1, -0.05) is 23.8 Å². The van der Waals surface area contributed by atoms with Crippen molar-refractivity contribution in [1.29, 1.82) is 0 Å². The van der Waals surface area contributed by atoms with Crippen LogP contribution >= 0.6 is 0 Å². The summed E-state index contributed by atoms with van der Waals surface area (Å²) in [5.74, 6) is -0.447. The second-order valence-corrected chi connectivity index (χ2v) is 8.00. The quantitative estimate of drug-likeness (QED) is 0.387. The predicted octanol–water partition coefficient (Wildman–Crippen LogP) is 3.39. The van der Waals surface area contributed by atoms with Crippen molar-refractivity contribution in [2.75, 3.05) is 40.9 Å². The number of benzene rings is 2. The van der Waals surface area contributed by atoms with E-state index in [0.717, 1.165) is 11.1 Å². The van der Waals surface area contributed by atoms with Crippen LogP contribution in [0.4, 0.5) is 0 Å². The summed E-state index contributed by atoms with van der Waals surface area (Å²) in [4.78, 5) is 29.6. The molecule has 1 fully saturated rings. The Morgan fingerprint density at radius 3 is 2.41 bits per heavy atom. The Kier molecular flexibility index (Phi) is 7.20. The zero-order valence-electron chi connectivity index (χ0n) is 19.2. The second kappa shape index (κ2) is 9.87. The van der Waals surface area contributed by atoms with E-state index in [4.69, 9.17) is 9.47 Å². The van der Waals surface area contributed by atoms with Gasteiger partial charge in [-0.15, -0.1) is 0 Å². The molecule has 0 aliphatic carbocycles. The third-order valence-electron chi connectivity index (χ3n) is 5.45. The van der Waals surface area contributed by atoms with Crippen LogP contribution in [0, 0.1) is 6.92 Å². The maximum atomic E-state index is 13.1. The molecule has 0 bridgehead atoms. The number of hydrogen-bond donors (Lipinski definition) is 1. The number of carbonyl (C=O) groups excluding carboxylic acids is 2. The van der Waals surface area contributed by atoms with E-state index in [0.29, 0.717) is 36.8 Å². The van der Waals surface area contributed by atoms with Crippen LogP contribution in [-0.2, 0) is 9.59 Å². The lowest BCUT2D eigenvalue weighted by Gasteiger charge is -2.26. The van der Waals surface area contributed by atoms with Crippen LogP contribution in [-0.4, -0.2) is 67.5 Å². The van der Waals surface area contributed by atoms with Crippen molar-refractivity contribution in [2.45, 2.75) is 19.9 Å². The second-order valence-electron chi connectivity index (χ2n) is 8.00. The molecule has 1 unspecified atom stereocenters. The van der Waals surface area contributed by atoms with E-state index in [1.54, 1.807) is 24.3 Å². The number of nitrogens with zero attached hydrogens (tertiary/aromatic N) is 2. The van der Waals surface area contributed by atoms with E-state index in [1.807, 2.05) is 51.0 Å². The Morgan fingerprint density at radius 2 is 1.81 bits per heavy atom. The molecule has 1 atom stereocenters. The number of aliphatic hydroxyl groups excluding tert-OH is 1. The first kappa shape index (κ1) is 23.3. The Hall–Kier alpha value is -3.32. The fourth-order valence-electron chi connectivity index (χ4n) is 3.83. The van der Waals surface area contributed by atoms with Gasteiger partial charge in [0.05, 0.1) is 30.9 Å². The molecule has 1 N–H and O–H groups in total. The van der Waals surface area contributed by atoms with Gasteiger partial charge in [-0.05, 0) is 57.8 Å². The van der Waals surface area contributed by atoms with Gasteiger partial charge in [0.1, 0.15) is 17.3 Å². The molecule has 0 spiro atoms. The van der Waals surface area contributed by atoms with Crippen LogP contribution < -0.4 is 9.47 Å². The number of ether oxygens (including phenoxy) is 2. The van der Waals surface area contributed by atoms with E-state index in [1.165, 1.54) is 12.0 Å². The van der Waals surface area contributed by atoms with E-state index in [-0.39, 0.29) is 11.3 Å². The summed E-state index contributed by atoms with van der Waals surface area (Å²) in [5.41, 5.74) is 2.06. The van der Waals surface area contributed by atoms with E-state index in [2.05, 4.69) is 0 Å². The van der Waals surface area contributed by atoms with Crippen LogP contribution in [0.3, 0.4) is 0 Å². The van der Waals surface area contributed by atoms with Crippen LogP contribution in [0.15, 0.2) is 48.0 Å². The zero-order chi connectivity index (χ0) is 23.4. The fourth-order valence-corrected chi connectivity index (χ4v) is 3.83. The Bertz CT molecular complexity index is 1030. The van der Waals surface area contributed by atoms with E-state index in [9.17, 15) is 14.7 Å². The molecule has 1 amide bonds. The molecule has 1 aliphatic rings. The van der Waals surface area contributed by atoms with Gasteiger partial charge in [0.2, 0.25) is 0 Å². The first-order chi connectivity index (χ1) is 15.3. The van der Waals surface area contributed by atoms with Crippen molar-refractivity contribution in [3.05, 3.63) is 64.7 Å². The minimum atomic E-state index is -0.712. The number of amides is 1. The van der Waals surface area contributed by atoms with Crippen LogP contribution in [0.1, 0.15) is 29.7 Å². The third kappa shape index (κ3) is 4.62. The number of likely N-dealkylation sites (tertiary alicyclic amines) is 1. The summed E-state index contributed by atoms with van der Waals surface area (Å²) < 4.78 is 10.9. The van der Waals surface area contributed by atoms with Crippen molar-refractivity contribution in [3.63, 3.8) is 0 Å². The molecular weight excluding hydrogens is 408 g/mol. The molecule has 0 radical (unpaired) electrons. The molecule has 3 rings (SSSR count). The minimum Gasteiger partial charge on any atom is -0.507 e. The number of likely N-dealkylation sites (N-methyl/N-ethyl adjacent to an activating group) is 1. The van der Waals surface area contributed by atoms with Gasteiger partial charge in [0, 0.05) is 13.1 Å². The van der Waals surface area contributed by atoms with Crippen molar-refractivity contribution >= 4 is 17.4 Å². The number of aliphatic hydroxyl groups is 1. The summed E-state index contributed by atoms with van der Waals surface area (Å²) in [6.07, 6.45) is 0. The maximum Gasteiger partial charge on any atom is 0.295 e. The average molecular weight is 439 g/mol. The average Bonchev–Trinajstić information content (AvgIpc) is 3.02. The monoisotopic (exact) mass is 438 g/mol. The summed E-state index contributed by atoms with van der Waals surface area (Å²) in [5, 5.41) is 11.3. The van der Waals surface area contributed by atoms with E-state index < -0.39 is 17.7 Å². The Labute approximate surface area is 188 Å². The number of Topliss-reactive ketones (excluding diaryl/α,β-unsaturated/α-hetero) is 1. The van der Waals surface area contributed by atoms with Crippen LogP contribution in [0.25, 0.3) is 5.76 Å². The third-order valence-corrected chi connectivity index (χ3v) is 5.45. The summed E-state index contributed by atoms with van der Waals surface area (Å²) in [7, 11) is 5.31. The molecule has 1 saturated heterocycles. The normalized spacial score (nSPS) is 17.8. The van der Waals surface area contributed by atoms with Gasteiger partial charge in [0.15, 0.2) is 0 Å². The van der Waals surface area contributed by atoms with Gasteiger partial charge in [-0.2, -0.15) is 0 Å². The topological polar surface area (TPSA) is 79.3 Å². The molecule has 170 valence electrons. The lowest BCUT2D eigenvalue weighted by molar-refractivity contribution is -0.140. The van der Waals surface area contributed by atoms with Crippen LogP contribution in [0.5, 0.6) is 11.5 Å². The van der Waals surface area contributed by atoms with Gasteiger partial charge in [-0.25, -0.2) is 0 Å². The molecule has 7 heteroatoms. The van der Waals surface area contributed by atoms with Gasteiger partial charge < -0.3 is 24.4 Å². The highest BCUT2D eigenvalue weighted by atomic mass is 16.5. The van der Waals surface area contributed by atoms with Crippen LogP contribution in [0.2, 0.25) is 0 Å². The zero-order valence-corrected chi connectivity index (χ0v) is 19.2. The smallest absolute Gasteiger partial charge is 0.295 e. The highest BCUT2D eigenvalue weighted by Gasteiger charge is 2.46. The highest BCUT2D eigenvalue weighted by molar-refractivity contribution is 6.46. The number of rotatable bonds is 8. The SMILES string of the molecule is CCOc1ccc(C2/C(=C(\O)c3cc(C)ccc3OC)C(=O)C(=O)N2CCN(C)C)cc1. The molecule has 2 aromatic rings. The van der Waals surface area contributed by atoms with Crippen molar-refractivity contribution in [3.8, 4) is 11.5 Å². The van der Waals surface area contributed by atoms with Gasteiger partial charge in [0.25, 0.3) is 11.7 Å². The number of hydrogen-bond acceptors (Lipinski definition) is 6. The van der Waals surface area contributed by atoms with E-state index >= 15 is 0 Å². The largest absolute Gasteiger partial charge is 0.507 e. The molecule has 0 saturated carbocycles. The summed E-state index contributed by atoms with van der Waals surface area (Å²) >= 11 is 0. The Morgan fingerprint density at radius 1 is 1.12 bits per heavy atom. The summed E-state index contributed by atoms with van der Waals surface area (Å²) in [6, 6.07) is 11.9. The number of carbonyl (C=O) groups is 2. The predicted molar refractivity (Wildman–Crippen MR) is 123 cm³/mol. The van der Waals surface area contributed by atoms with Crippen molar-refractivity contribution < 1.29 is 24.2 Å². The Balaban J connectivity index is 2.17. The fraction of sp³-hybridized carbons (Fsp3) is 0.360. The lowest BCUT2D eigenvalue weighted by Crippen LogP contribution is -2.35. The highest BCUT2D eigenvalue weighted by Crippen LogP contribution is 2.41. The van der Waals surface area contributed by atoms with Gasteiger partial charge >= 0.3 is 0 Å². The number of ketones is 1. The van der Waals surface area contributed by atoms with Crippen molar-refractivity contribution in [1.82, 2.24) is 9.80 Å². The number of aryl methyl sites for hydroxylation is 1. The maximum absolute atomic E-state index is 13.1. The first-order valence-electron chi connectivity index (χ1n) is 10.6. The standard InChI is InChI=1S/C25H30N2O5/c1-6-32-18-10-8-17(9-11-18)22-21(24(29)25(30)27(22)14-13-26(3)4)23(28)19-15-16(2)7-12-20(19)31-5/h7-12,15,22,28H,6,13-14H2,1-5H3/b23-21+. The van der Waals surface area contributed by atoms with Gasteiger partial charge in [-0.3, -0.25) is 9.59 Å². The molecule has 1 heterocycles. The molecule has 0 aromatic heterocycles.